The van der Waals surface area contributed by atoms with Crippen molar-refractivity contribution in [1.82, 2.24) is 15.1 Å². The number of benzene rings is 2. The molecule has 0 bridgehead atoms. The third kappa shape index (κ3) is 4.32. The average Bonchev–Trinajstić information content (AvgIpc) is 3.02. The molecule has 2 aromatic rings. The summed E-state index contributed by atoms with van der Waals surface area (Å²) in [4.78, 5) is 29.9. The van der Waals surface area contributed by atoms with Crippen molar-refractivity contribution in [3.8, 4) is 0 Å². The number of rotatable bonds is 4. The van der Waals surface area contributed by atoms with E-state index in [4.69, 9.17) is 11.6 Å². The molecule has 0 aliphatic carbocycles. The van der Waals surface area contributed by atoms with E-state index in [0.29, 0.717) is 43.1 Å². The largest absolute Gasteiger partial charge is 0.338 e. The van der Waals surface area contributed by atoms with E-state index in [1.165, 1.54) is 12.1 Å². The van der Waals surface area contributed by atoms with Crippen LogP contribution < -0.4 is 5.32 Å². The molecule has 2 saturated heterocycles. The zero-order valence-corrected chi connectivity index (χ0v) is 18.5. The lowest BCUT2D eigenvalue weighted by atomic mass is 9.94. The summed E-state index contributed by atoms with van der Waals surface area (Å²) in [5, 5.41) is 4.19. The SMILES string of the molecule is CC(C)C1NC2(CCN(C(=O)c3ccc(Cl)cc3)CC2)N(Cc2ccc(F)cc2)C1=O. The molecule has 0 aromatic heterocycles. The fourth-order valence-corrected chi connectivity index (χ4v) is 4.66. The monoisotopic (exact) mass is 443 g/mol. The summed E-state index contributed by atoms with van der Waals surface area (Å²) < 4.78 is 13.3. The van der Waals surface area contributed by atoms with Crippen molar-refractivity contribution >= 4 is 23.4 Å². The molecule has 2 aromatic carbocycles. The topological polar surface area (TPSA) is 52.7 Å². The minimum absolute atomic E-state index is 0.0265. The van der Waals surface area contributed by atoms with Crippen molar-refractivity contribution in [1.29, 1.82) is 0 Å². The molecule has 1 unspecified atom stereocenters. The molecule has 164 valence electrons. The number of carbonyl (C=O) groups excluding carboxylic acids is 2. The van der Waals surface area contributed by atoms with Gasteiger partial charge in [0.25, 0.3) is 5.91 Å². The van der Waals surface area contributed by atoms with Gasteiger partial charge < -0.3 is 9.80 Å². The average molecular weight is 444 g/mol. The minimum atomic E-state index is -0.503. The molecular weight excluding hydrogens is 417 g/mol. The first kappa shape index (κ1) is 21.8. The molecule has 1 N–H and O–H groups in total. The number of nitrogens with one attached hydrogen (secondary N) is 1. The highest BCUT2D eigenvalue weighted by molar-refractivity contribution is 6.30. The smallest absolute Gasteiger partial charge is 0.253 e. The second kappa shape index (κ2) is 8.60. The molecule has 2 fully saturated rings. The molecule has 2 aliphatic rings. The Morgan fingerprint density at radius 2 is 1.74 bits per heavy atom. The van der Waals surface area contributed by atoms with Crippen molar-refractivity contribution in [2.75, 3.05) is 13.1 Å². The summed E-state index contributed by atoms with van der Waals surface area (Å²) in [7, 11) is 0. The Morgan fingerprint density at radius 1 is 1.13 bits per heavy atom. The molecule has 7 heteroatoms. The van der Waals surface area contributed by atoms with Crippen LogP contribution in [0.5, 0.6) is 0 Å². The number of likely N-dealkylation sites (tertiary alicyclic amines) is 1. The van der Waals surface area contributed by atoms with Crippen LogP contribution in [0.1, 0.15) is 42.6 Å². The van der Waals surface area contributed by atoms with Crippen LogP contribution in [0.3, 0.4) is 0 Å². The Morgan fingerprint density at radius 3 is 2.32 bits per heavy atom. The maximum Gasteiger partial charge on any atom is 0.253 e. The summed E-state index contributed by atoms with van der Waals surface area (Å²) in [6.07, 6.45) is 1.28. The third-order valence-corrected chi connectivity index (χ3v) is 6.61. The molecule has 1 spiro atoms. The quantitative estimate of drug-likeness (QED) is 0.775. The number of amides is 2. The Labute approximate surface area is 187 Å². The summed E-state index contributed by atoms with van der Waals surface area (Å²) in [5.41, 5.74) is 0.996. The van der Waals surface area contributed by atoms with Gasteiger partial charge in [-0.15, -0.1) is 0 Å². The summed E-state index contributed by atoms with van der Waals surface area (Å²) in [6.45, 7) is 5.58. The molecule has 31 heavy (non-hydrogen) atoms. The van der Waals surface area contributed by atoms with E-state index in [-0.39, 0.29) is 29.6 Å². The maximum absolute atomic E-state index is 13.3. The van der Waals surface area contributed by atoms with Crippen LogP contribution >= 0.6 is 11.6 Å². The molecule has 0 saturated carbocycles. The lowest BCUT2D eigenvalue weighted by Crippen LogP contribution is -2.59. The van der Waals surface area contributed by atoms with Gasteiger partial charge in [0.1, 0.15) is 5.82 Å². The minimum Gasteiger partial charge on any atom is -0.338 e. The molecule has 2 heterocycles. The van der Waals surface area contributed by atoms with Gasteiger partial charge in [-0.3, -0.25) is 14.9 Å². The lowest BCUT2D eigenvalue weighted by molar-refractivity contribution is -0.134. The van der Waals surface area contributed by atoms with Gasteiger partial charge in [-0.1, -0.05) is 37.6 Å². The lowest BCUT2D eigenvalue weighted by Gasteiger charge is -2.44. The Balaban J connectivity index is 1.52. The van der Waals surface area contributed by atoms with E-state index < -0.39 is 5.66 Å². The van der Waals surface area contributed by atoms with E-state index in [1.54, 1.807) is 36.4 Å². The summed E-state index contributed by atoms with van der Waals surface area (Å²) in [5.74, 6) is -0.104. The van der Waals surface area contributed by atoms with Crippen molar-refractivity contribution in [2.45, 2.75) is 44.9 Å². The highest BCUT2D eigenvalue weighted by atomic mass is 35.5. The highest BCUT2D eigenvalue weighted by Crippen LogP contribution is 2.36. The highest BCUT2D eigenvalue weighted by Gasteiger charge is 2.52. The standard InChI is InChI=1S/C24H27ClFN3O2/c1-16(2)21-23(31)29(15-17-3-9-20(26)10-4-17)24(27-21)11-13-28(14-12-24)22(30)18-5-7-19(25)8-6-18/h3-10,16,21,27H,11-15H2,1-2H3. The van der Waals surface area contributed by atoms with E-state index in [1.807, 2.05) is 23.6 Å². The van der Waals surface area contributed by atoms with E-state index in [0.717, 1.165) is 5.56 Å². The van der Waals surface area contributed by atoms with Crippen molar-refractivity contribution in [3.63, 3.8) is 0 Å². The predicted octanol–water partition coefficient (Wildman–Crippen LogP) is 4.07. The van der Waals surface area contributed by atoms with Crippen LogP contribution in [-0.4, -0.2) is 46.4 Å². The maximum atomic E-state index is 13.3. The molecule has 1 atom stereocenters. The van der Waals surface area contributed by atoms with E-state index >= 15 is 0 Å². The number of hydrogen-bond acceptors (Lipinski definition) is 3. The van der Waals surface area contributed by atoms with Crippen LogP contribution in [0, 0.1) is 11.7 Å². The van der Waals surface area contributed by atoms with Gasteiger partial charge in [-0.25, -0.2) is 4.39 Å². The van der Waals surface area contributed by atoms with Crippen LogP contribution in [0.2, 0.25) is 5.02 Å². The van der Waals surface area contributed by atoms with Gasteiger partial charge in [0.15, 0.2) is 0 Å². The molecule has 2 amide bonds. The fourth-order valence-electron chi connectivity index (χ4n) is 4.53. The Bertz CT molecular complexity index is 954. The van der Waals surface area contributed by atoms with Gasteiger partial charge in [-0.05, 0) is 47.9 Å². The van der Waals surface area contributed by atoms with Gasteiger partial charge in [0.05, 0.1) is 11.7 Å². The number of halogens is 2. The third-order valence-electron chi connectivity index (χ3n) is 6.36. The molecular formula is C24H27ClFN3O2. The van der Waals surface area contributed by atoms with Crippen LogP contribution in [0.4, 0.5) is 4.39 Å². The molecule has 4 rings (SSSR count). The predicted molar refractivity (Wildman–Crippen MR) is 118 cm³/mol. The van der Waals surface area contributed by atoms with Gasteiger partial charge in [-0.2, -0.15) is 0 Å². The van der Waals surface area contributed by atoms with Crippen molar-refractivity contribution in [3.05, 3.63) is 70.5 Å². The molecule has 2 aliphatic heterocycles. The van der Waals surface area contributed by atoms with Gasteiger partial charge in [0, 0.05) is 43.1 Å². The Kier molecular flexibility index (Phi) is 6.04. The fraction of sp³-hybridized carbons (Fsp3) is 0.417. The number of hydrogen-bond donors (Lipinski definition) is 1. The van der Waals surface area contributed by atoms with Crippen molar-refractivity contribution < 1.29 is 14.0 Å². The van der Waals surface area contributed by atoms with Crippen LogP contribution in [0.25, 0.3) is 0 Å². The zero-order valence-electron chi connectivity index (χ0n) is 17.8. The molecule has 0 radical (unpaired) electrons. The first-order chi connectivity index (χ1) is 14.8. The van der Waals surface area contributed by atoms with E-state index in [2.05, 4.69) is 5.32 Å². The van der Waals surface area contributed by atoms with Gasteiger partial charge >= 0.3 is 0 Å². The van der Waals surface area contributed by atoms with Crippen LogP contribution in [0.15, 0.2) is 48.5 Å². The van der Waals surface area contributed by atoms with Crippen molar-refractivity contribution in [2.24, 2.45) is 5.92 Å². The number of piperidine rings is 1. The molecule has 5 nitrogen and oxygen atoms in total. The number of carbonyl (C=O) groups is 2. The van der Waals surface area contributed by atoms with E-state index in [9.17, 15) is 14.0 Å². The number of nitrogens with zero attached hydrogens (tertiary/aromatic N) is 2. The summed E-state index contributed by atoms with van der Waals surface area (Å²) in [6, 6.07) is 12.9. The van der Waals surface area contributed by atoms with Crippen LogP contribution in [-0.2, 0) is 11.3 Å². The Hall–Kier alpha value is -2.44. The zero-order chi connectivity index (χ0) is 22.2. The first-order valence-electron chi connectivity index (χ1n) is 10.7. The normalized spacial score (nSPS) is 20.7. The van der Waals surface area contributed by atoms with Gasteiger partial charge in [0.2, 0.25) is 5.91 Å². The summed E-state index contributed by atoms with van der Waals surface area (Å²) >= 11 is 5.94. The second-order valence-electron chi connectivity index (χ2n) is 8.75. The first-order valence-corrected chi connectivity index (χ1v) is 11.1. The second-order valence-corrected chi connectivity index (χ2v) is 9.18.